The molecule has 4 unspecified atom stereocenters. The van der Waals surface area contributed by atoms with Gasteiger partial charge >= 0.3 is 5.97 Å². The van der Waals surface area contributed by atoms with Gasteiger partial charge in [0.05, 0.1) is 18.1 Å². The maximum atomic E-state index is 12.3. The van der Waals surface area contributed by atoms with Crippen LogP contribution in [0.1, 0.15) is 0 Å². The van der Waals surface area contributed by atoms with E-state index in [0.717, 1.165) is 4.47 Å². The monoisotopic (exact) mass is 337 g/mol. The van der Waals surface area contributed by atoms with Gasteiger partial charge in [-0.1, -0.05) is 34.1 Å². The zero-order chi connectivity index (χ0) is 14.3. The molecule has 104 valence electrons. The minimum absolute atomic E-state index is 0.327. The summed E-state index contributed by atoms with van der Waals surface area (Å²) in [6.45, 7) is 0. The van der Waals surface area contributed by atoms with Crippen molar-refractivity contribution < 1.29 is 19.4 Å². The number of hydrogen-bond acceptors (Lipinski definition) is 3. The Morgan fingerprint density at radius 2 is 1.90 bits per heavy atom. The molecule has 5 nitrogen and oxygen atoms in total. The molecule has 0 aromatic heterocycles. The van der Waals surface area contributed by atoms with Gasteiger partial charge in [0.2, 0.25) is 5.91 Å². The second-order valence-corrected chi connectivity index (χ2v) is 5.76. The van der Waals surface area contributed by atoms with Crippen molar-refractivity contribution in [1.29, 1.82) is 0 Å². The van der Waals surface area contributed by atoms with Gasteiger partial charge in [-0.25, -0.2) is 0 Å². The van der Waals surface area contributed by atoms with Crippen molar-refractivity contribution in [2.45, 2.75) is 12.2 Å². The van der Waals surface area contributed by atoms with E-state index in [1.807, 2.05) is 6.07 Å². The summed E-state index contributed by atoms with van der Waals surface area (Å²) in [5.41, 5.74) is 0.625. The van der Waals surface area contributed by atoms with Gasteiger partial charge in [-0.15, -0.1) is 0 Å². The highest BCUT2D eigenvalue weighted by Gasteiger charge is 2.53. The average molecular weight is 338 g/mol. The van der Waals surface area contributed by atoms with Gasteiger partial charge in [-0.2, -0.15) is 0 Å². The first-order chi connectivity index (χ1) is 9.56. The van der Waals surface area contributed by atoms with Crippen LogP contribution in [0.25, 0.3) is 0 Å². The van der Waals surface area contributed by atoms with E-state index in [4.69, 9.17) is 4.74 Å². The fraction of sp³-hybridized carbons (Fsp3) is 0.286. The number of anilines is 1. The number of carboxylic acid groups (broad SMARTS) is 1. The molecule has 2 N–H and O–H groups in total. The summed E-state index contributed by atoms with van der Waals surface area (Å²) in [6, 6.07) is 7.16. The van der Waals surface area contributed by atoms with Crippen LogP contribution in [0.2, 0.25) is 0 Å². The van der Waals surface area contributed by atoms with Gasteiger partial charge < -0.3 is 15.2 Å². The highest BCUT2D eigenvalue weighted by Crippen LogP contribution is 2.39. The Morgan fingerprint density at radius 3 is 2.55 bits per heavy atom. The first-order valence-corrected chi connectivity index (χ1v) is 6.98. The van der Waals surface area contributed by atoms with Gasteiger partial charge in [0.15, 0.2) is 0 Å². The highest BCUT2D eigenvalue weighted by molar-refractivity contribution is 9.10. The molecule has 0 radical (unpaired) electrons. The van der Waals surface area contributed by atoms with Crippen LogP contribution in [-0.2, 0) is 14.3 Å². The predicted octanol–water partition coefficient (Wildman–Crippen LogP) is 2.04. The molecule has 0 saturated carbocycles. The van der Waals surface area contributed by atoms with Crippen LogP contribution in [0.4, 0.5) is 5.69 Å². The van der Waals surface area contributed by atoms with Crippen molar-refractivity contribution in [3.63, 3.8) is 0 Å². The Labute approximate surface area is 123 Å². The minimum Gasteiger partial charge on any atom is -0.481 e. The van der Waals surface area contributed by atoms with Gasteiger partial charge in [0.1, 0.15) is 5.92 Å². The molecule has 6 heteroatoms. The number of carbonyl (C=O) groups is 2. The molecule has 3 rings (SSSR count). The number of amides is 1. The Balaban J connectivity index is 1.80. The molecular formula is C14H12BrNO4. The van der Waals surface area contributed by atoms with Crippen molar-refractivity contribution in [2.75, 3.05) is 5.32 Å². The highest BCUT2D eigenvalue weighted by atomic mass is 79.9. The third-order valence-electron chi connectivity index (χ3n) is 3.58. The molecule has 1 aromatic carbocycles. The molecule has 20 heavy (non-hydrogen) atoms. The summed E-state index contributed by atoms with van der Waals surface area (Å²) in [5, 5.41) is 12.0. The van der Waals surface area contributed by atoms with Crippen LogP contribution in [0, 0.1) is 11.8 Å². The normalized spacial score (nSPS) is 30.4. The third kappa shape index (κ3) is 2.25. The van der Waals surface area contributed by atoms with Crippen LogP contribution in [0.3, 0.4) is 0 Å². The number of carbonyl (C=O) groups excluding carboxylic acids is 1. The zero-order valence-electron chi connectivity index (χ0n) is 10.3. The summed E-state index contributed by atoms with van der Waals surface area (Å²) in [6.07, 6.45) is 2.52. The molecular weight excluding hydrogens is 326 g/mol. The molecule has 2 aliphatic rings. The number of fused-ring (bicyclic) bond motifs is 2. The number of nitrogens with one attached hydrogen (secondary N) is 1. The van der Waals surface area contributed by atoms with Crippen LogP contribution < -0.4 is 5.32 Å². The van der Waals surface area contributed by atoms with Crippen molar-refractivity contribution in [1.82, 2.24) is 0 Å². The summed E-state index contributed by atoms with van der Waals surface area (Å²) in [4.78, 5) is 23.6. The summed E-state index contributed by atoms with van der Waals surface area (Å²) in [5.74, 6) is -2.85. The van der Waals surface area contributed by atoms with Crippen LogP contribution >= 0.6 is 15.9 Å². The fourth-order valence-electron chi connectivity index (χ4n) is 2.71. The van der Waals surface area contributed by atoms with Crippen LogP contribution in [0.15, 0.2) is 40.9 Å². The lowest BCUT2D eigenvalue weighted by Crippen LogP contribution is -2.39. The maximum absolute atomic E-state index is 12.3. The number of hydrogen-bond donors (Lipinski definition) is 2. The average Bonchev–Trinajstić information content (AvgIpc) is 2.98. The van der Waals surface area contributed by atoms with E-state index < -0.39 is 30.0 Å². The van der Waals surface area contributed by atoms with Gasteiger partial charge in [0.25, 0.3) is 0 Å². The molecule has 4 atom stereocenters. The molecule has 1 amide bonds. The topological polar surface area (TPSA) is 75.6 Å². The smallest absolute Gasteiger partial charge is 0.310 e. The molecule has 2 bridgehead atoms. The third-order valence-corrected chi connectivity index (χ3v) is 4.07. The number of benzene rings is 1. The summed E-state index contributed by atoms with van der Waals surface area (Å²) in [7, 11) is 0. The van der Waals surface area contributed by atoms with E-state index in [9.17, 15) is 14.7 Å². The lowest BCUT2D eigenvalue weighted by molar-refractivity contribution is -0.145. The molecule has 1 aromatic rings. The first-order valence-electron chi connectivity index (χ1n) is 6.19. The standard InChI is InChI=1S/C14H12BrNO4/c15-7-2-1-3-8(6-7)16-13(17)11-9-4-5-10(20-9)12(11)14(18)19/h1-6,9-12H,(H,16,17)(H,18,19). The van der Waals surface area contributed by atoms with E-state index in [2.05, 4.69) is 21.2 Å². The molecule has 1 saturated heterocycles. The van der Waals surface area contributed by atoms with E-state index >= 15 is 0 Å². The van der Waals surface area contributed by atoms with Crippen molar-refractivity contribution >= 4 is 33.5 Å². The quantitative estimate of drug-likeness (QED) is 0.827. The number of halogens is 1. The number of rotatable bonds is 3. The predicted molar refractivity (Wildman–Crippen MR) is 75.2 cm³/mol. The number of carboxylic acids is 1. The fourth-order valence-corrected chi connectivity index (χ4v) is 3.11. The zero-order valence-corrected chi connectivity index (χ0v) is 11.9. The molecule has 0 spiro atoms. The van der Waals surface area contributed by atoms with E-state index in [-0.39, 0.29) is 5.91 Å². The summed E-state index contributed by atoms with van der Waals surface area (Å²) < 4.78 is 6.32. The second-order valence-electron chi connectivity index (χ2n) is 4.84. The number of ether oxygens (including phenoxy) is 1. The van der Waals surface area contributed by atoms with Crippen LogP contribution in [-0.4, -0.2) is 29.2 Å². The second kappa shape index (κ2) is 5.03. The van der Waals surface area contributed by atoms with Crippen LogP contribution in [0.5, 0.6) is 0 Å². The minimum atomic E-state index is -1.00. The molecule has 0 aliphatic carbocycles. The Bertz CT molecular complexity index is 601. The molecule has 2 heterocycles. The van der Waals surface area contributed by atoms with Gasteiger partial charge in [-0.3, -0.25) is 9.59 Å². The van der Waals surface area contributed by atoms with Gasteiger partial charge in [0, 0.05) is 10.2 Å². The van der Waals surface area contributed by atoms with E-state index in [1.165, 1.54) is 0 Å². The lowest BCUT2D eigenvalue weighted by atomic mass is 9.82. The Morgan fingerprint density at radius 1 is 1.20 bits per heavy atom. The first kappa shape index (κ1) is 13.3. The SMILES string of the molecule is O=C(O)C1C2C=CC(O2)C1C(=O)Nc1cccc(Br)c1. The molecule has 1 fully saturated rings. The lowest BCUT2D eigenvalue weighted by Gasteiger charge is -2.21. The van der Waals surface area contributed by atoms with Crippen molar-refractivity contribution in [3.8, 4) is 0 Å². The Hall–Kier alpha value is -1.66. The number of aliphatic carboxylic acids is 1. The summed E-state index contributed by atoms with van der Waals surface area (Å²) >= 11 is 3.32. The van der Waals surface area contributed by atoms with E-state index in [1.54, 1.807) is 30.4 Å². The van der Waals surface area contributed by atoms with Crippen molar-refractivity contribution in [3.05, 3.63) is 40.9 Å². The Kier molecular flexibility index (Phi) is 3.35. The largest absolute Gasteiger partial charge is 0.481 e. The van der Waals surface area contributed by atoms with Crippen molar-refractivity contribution in [2.24, 2.45) is 11.8 Å². The van der Waals surface area contributed by atoms with E-state index in [0.29, 0.717) is 5.69 Å². The molecule has 2 aliphatic heterocycles. The van der Waals surface area contributed by atoms with Gasteiger partial charge in [-0.05, 0) is 18.2 Å². The maximum Gasteiger partial charge on any atom is 0.310 e.